The number of halogens is 1. The van der Waals surface area contributed by atoms with Gasteiger partial charge in [-0.3, -0.25) is 9.69 Å². The maximum Gasteiger partial charge on any atom is 0.252 e. The molecule has 2 aromatic carbocycles. The van der Waals surface area contributed by atoms with Crippen molar-refractivity contribution < 1.29 is 4.39 Å². The average molecular weight is 489 g/mol. The fraction of sp³-hybridized carbons (Fsp3) is 0.429. The monoisotopic (exact) mass is 488 g/mol. The van der Waals surface area contributed by atoms with E-state index in [1.165, 1.54) is 25.0 Å². The quantitative estimate of drug-likeness (QED) is 0.352. The number of tetrazole rings is 1. The number of aromatic nitrogens is 5. The lowest BCUT2D eigenvalue weighted by molar-refractivity contribution is 0.158. The number of aryl methyl sites for hydroxylation is 2. The zero-order valence-electron chi connectivity index (χ0n) is 21.2. The van der Waals surface area contributed by atoms with Gasteiger partial charge >= 0.3 is 0 Å². The van der Waals surface area contributed by atoms with Crippen LogP contribution in [0.3, 0.4) is 0 Å². The molecular weight excluding hydrogens is 455 g/mol. The van der Waals surface area contributed by atoms with Crippen LogP contribution in [0.1, 0.15) is 79.2 Å². The number of nitrogens with zero attached hydrogens (tertiary/aromatic N) is 5. The Morgan fingerprint density at radius 1 is 1.11 bits per heavy atom. The molecule has 0 aliphatic heterocycles. The van der Waals surface area contributed by atoms with Gasteiger partial charge in [-0.25, -0.2) is 9.07 Å². The van der Waals surface area contributed by atoms with Crippen molar-refractivity contribution in [3.8, 4) is 0 Å². The largest absolute Gasteiger partial charge is 0.321 e. The highest BCUT2D eigenvalue weighted by molar-refractivity contribution is 5.82. The summed E-state index contributed by atoms with van der Waals surface area (Å²) >= 11 is 0. The molecule has 0 unspecified atom stereocenters. The number of hydrogen-bond donors (Lipinski definition) is 1. The number of hydrogen-bond acceptors (Lipinski definition) is 5. The molecule has 2 heterocycles. The fourth-order valence-electron chi connectivity index (χ4n) is 5.60. The van der Waals surface area contributed by atoms with Crippen molar-refractivity contribution >= 4 is 10.9 Å². The molecule has 1 aliphatic rings. The fourth-order valence-corrected chi connectivity index (χ4v) is 5.60. The lowest BCUT2D eigenvalue weighted by atomic mass is 10.0. The molecule has 0 bridgehead atoms. The summed E-state index contributed by atoms with van der Waals surface area (Å²) in [6, 6.07) is 12.9. The Balaban J connectivity index is 1.55. The van der Waals surface area contributed by atoms with Crippen molar-refractivity contribution in [3.05, 3.63) is 86.7 Å². The molecule has 2 aromatic heterocycles. The number of fused-ring (bicyclic) bond motifs is 1. The first-order valence-corrected chi connectivity index (χ1v) is 12.8. The normalized spacial score (nSPS) is 15.2. The second-order valence-electron chi connectivity index (χ2n) is 10.0. The van der Waals surface area contributed by atoms with Gasteiger partial charge in [-0.1, -0.05) is 43.5 Å². The van der Waals surface area contributed by atoms with Crippen LogP contribution in [0.5, 0.6) is 0 Å². The molecule has 5 rings (SSSR count). The molecule has 1 N–H and O–H groups in total. The number of H-pyrrole nitrogens is 1. The molecule has 1 fully saturated rings. The minimum atomic E-state index is -0.265. The molecule has 7 nitrogen and oxygen atoms in total. The lowest BCUT2D eigenvalue weighted by Crippen LogP contribution is -2.32. The minimum Gasteiger partial charge on any atom is -0.321 e. The van der Waals surface area contributed by atoms with Crippen molar-refractivity contribution in [1.82, 2.24) is 30.1 Å². The standard InChI is InChI=1S/C28H33FN6O/c1-4-25(27-31-32-33-35(27)24-7-5-6-8-24)34(16-20-9-11-23(29)12-10-20)17-22-15-21-14-18(2)13-19(3)26(21)30-28(22)36/h9-15,24-25H,4-8,16-17H2,1-3H3,(H,30,36)/t25-/m0/s1. The maximum atomic E-state index is 13.6. The summed E-state index contributed by atoms with van der Waals surface area (Å²) in [5.41, 5.74) is 4.65. The van der Waals surface area contributed by atoms with Crippen LogP contribution in [0.4, 0.5) is 4.39 Å². The zero-order chi connectivity index (χ0) is 25.2. The van der Waals surface area contributed by atoms with E-state index >= 15 is 0 Å². The topological polar surface area (TPSA) is 79.7 Å². The predicted molar refractivity (Wildman–Crippen MR) is 138 cm³/mol. The molecule has 0 amide bonds. The molecule has 1 saturated carbocycles. The van der Waals surface area contributed by atoms with E-state index in [4.69, 9.17) is 0 Å². The third-order valence-electron chi connectivity index (χ3n) is 7.36. The second kappa shape index (κ2) is 10.3. The highest BCUT2D eigenvalue weighted by Crippen LogP contribution is 2.33. The highest BCUT2D eigenvalue weighted by Gasteiger charge is 2.29. The number of rotatable bonds is 8. The van der Waals surface area contributed by atoms with Crippen molar-refractivity contribution in [2.75, 3.05) is 0 Å². The van der Waals surface area contributed by atoms with E-state index in [1.807, 2.05) is 17.7 Å². The summed E-state index contributed by atoms with van der Waals surface area (Å²) in [6.07, 6.45) is 5.31. The van der Waals surface area contributed by atoms with Crippen LogP contribution in [0, 0.1) is 19.7 Å². The first kappa shape index (κ1) is 24.3. The number of pyridine rings is 1. The number of aromatic amines is 1. The van der Waals surface area contributed by atoms with Crippen molar-refractivity contribution in [2.24, 2.45) is 0 Å². The van der Waals surface area contributed by atoms with Crippen molar-refractivity contribution in [2.45, 2.75) is 78.0 Å². The number of nitrogens with one attached hydrogen (secondary N) is 1. The first-order valence-electron chi connectivity index (χ1n) is 12.8. The third kappa shape index (κ3) is 4.95. The van der Waals surface area contributed by atoms with Crippen LogP contribution >= 0.6 is 0 Å². The molecule has 1 atom stereocenters. The Kier molecular flexibility index (Phi) is 6.96. The molecule has 36 heavy (non-hydrogen) atoms. The van der Waals surface area contributed by atoms with E-state index in [0.717, 1.165) is 52.7 Å². The van der Waals surface area contributed by atoms with Gasteiger partial charge in [-0.2, -0.15) is 0 Å². The highest BCUT2D eigenvalue weighted by atomic mass is 19.1. The summed E-state index contributed by atoms with van der Waals surface area (Å²) in [6.45, 7) is 7.16. The van der Waals surface area contributed by atoms with Crippen LogP contribution in [-0.4, -0.2) is 30.1 Å². The lowest BCUT2D eigenvalue weighted by Gasteiger charge is -2.31. The second-order valence-corrected chi connectivity index (χ2v) is 10.0. The molecule has 8 heteroatoms. The predicted octanol–water partition coefficient (Wildman–Crippen LogP) is 5.54. The van der Waals surface area contributed by atoms with E-state index in [2.05, 4.69) is 51.4 Å². The molecule has 4 aromatic rings. The molecule has 0 spiro atoms. The Morgan fingerprint density at radius 3 is 2.58 bits per heavy atom. The van der Waals surface area contributed by atoms with Gasteiger partial charge in [0.05, 0.1) is 17.6 Å². The van der Waals surface area contributed by atoms with Gasteiger partial charge in [-0.15, -0.1) is 5.10 Å². The average Bonchev–Trinajstić information content (AvgIpc) is 3.54. The Bertz CT molecular complexity index is 1400. The summed E-state index contributed by atoms with van der Waals surface area (Å²) in [7, 11) is 0. The molecule has 188 valence electrons. The van der Waals surface area contributed by atoms with E-state index in [-0.39, 0.29) is 17.4 Å². The Hall–Kier alpha value is -3.39. The summed E-state index contributed by atoms with van der Waals surface area (Å²) in [5, 5.41) is 13.9. The van der Waals surface area contributed by atoms with Gasteiger partial charge in [0.15, 0.2) is 5.82 Å². The first-order chi connectivity index (χ1) is 17.4. The van der Waals surface area contributed by atoms with E-state index in [0.29, 0.717) is 24.7 Å². The van der Waals surface area contributed by atoms with Gasteiger partial charge in [-0.05, 0) is 84.3 Å². The smallest absolute Gasteiger partial charge is 0.252 e. The van der Waals surface area contributed by atoms with Gasteiger partial charge < -0.3 is 4.98 Å². The SMILES string of the molecule is CC[C@@H](c1nnnn1C1CCCC1)N(Cc1ccc(F)cc1)Cc1cc2cc(C)cc(C)c2[nH]c1=O. The van der Waals surface area contributed by atoms with Crippen LogP contribution < -0.4 is 5.56 Å². The van der Waals surface area contributed by atoms with Crippen LogP contribution in [0.25, 0.3) is 10.9 Å². The molecular formula is C28H33FN6O. The van der Waals surface area contributed by atoms with Crippen LogP contribution in [0.2, 0.25) is 0 Å². The van der Waals surface area contributed by atoms with Crippen LogP contribution in [-0.2, 0) is 13.1 Å². The molecule has 0 saturated heterocycles. The number of benzene rings is 2. The molecule has 0 radical (unpaired) electrons. The summed E-state index contributed by atoms with van der Waals surface area (Å²) in [4.78, 5) is 18.5. The third-order valence-corrected chi connectivity index (χ3v) is 7.36. The Morgan fingerprint density at radius 2 is 1.86 bits per heavy atom. The van der Waals surface area contributed by atoms with Gasteiger partial charge in [0, 0.05) is 18.7 Å². The van der Waals surface area contributed by atoms with Gasteiger partial charge in [0.25, 0.3) is 5.56 Å². The zero-order valence-corrected chi connectivity index (χ0v) is 21.2. The van der Waals surface area contributed by atoms with Gasteiger partial charge in [0.1, 0.15) is 5.82 Å². The van der Waals surface area contributed by atoms with Crippen molar-refractivity contribution in [1.29, 1.82) is 0 Å². The van der Waals surface area contributed by atoms with Crippen molar-refractivity contribution in [3.63, 3.8) is 0 Å². The molecule has 1 aliphatic carbocycles. The minimum absolute atomic E-state index is 0.0937. The van der Waals surface area contributed by atoms with Crippen LogP contribution in [0.15, 0.2) is 47.3 Å². The van der Waals surface area contributed by atoms with Gasteiger partial charge in [0.2, 0.25) is 0 Å². The summed E-state index contributed by atoms with van der Waals surface area (Å²) < 4.78 is 15.6. The van der Waals surface area contributed by atoms with E-state index < -0.39 is 0 Å². The maximum absolute atomic E-state index is 13.6. The van der Waals surface area contributed by atoms with E-state index in [9.17, 15) is 9.18 Å². The Labute approximate surface area is 210 Å². The van der Waals surface area contributed by atoms with E-state index in [1.54, 1.807) is 12.1 Å². The summed E-state index contributed by atoms with van der Waals surface area (Å²) in [5.74, 6) is 0.564.